The van der Waals surface area contributed by atoms with Gasteiger partial charge in [0.25, 0.3) is 0 Å². The first-order chi connectivity index (χ1) is 9.66. The molecule has 3 atom stereocenters. The van der Waals surface area contributed by atoms with Crippen LogP contribution < -0.4 is 5.73 Å². The summed E-state index contributed by atoms with van der Waals surface area (Å²) in [5, 5.41) is 0. The molecule has 1 aromatic rings. The number of benzene rings is 1. The van der Waals surface area contributed by atoms with Crippen molar-refractivity contribution in [1.29, 1.82) is 0 Å². The Morgan fingerprint density at radius 2 is 2.05 bits per heavy atom. The van der Waals surface area contributed by atoms with Gasteiger partial charge in [-0.2, -0.15) is 0 Å². The van der Waals surface area contributed by atoms with Gasteiger partial charge in [-0.3, -0.25) is 9.69 Å². The van der Waals surface area contributed by atoms with Crippen molar-refractivity contribution in [3.05, 3.63) is 35.9 Å². The number of fused-ring (bicyclic) bond motifs is 1. The Labute approximate surface area is 120 Å². The molecule has 4 nitrogen and oxygen atoms in total. The quantitative estimate of drug-likeness (QED) is 0.885. The van der Waals surface area contributed by atoms with Gasteiger partial charge in [-0.15, -0.1) is 0 Å². The maximum Gasteiger partial charge on any atom is 0.244 e. The molecule has 20 heavy (non-hydrogen) atoms. The van der Waals surface area contributed by atoms with Crippen LogP contribution in [-0.4, -0.2) is 47.4 Å². The zero-order valence-corrected chi connectivity index (χ0v) is 12.0. The molecule has 108 valence electrons. The summed E-state index contributed by atoms with van der Waals surface area (Å²) in [6.07, 6.45) is 2.46. The molecule has 1 aromatic carbocycles. The Kier molecular flexibility index (Phi) is 3.76. The monoisotopic (exact) mass is 273 g/mol. The summed E-state index contributed by atoms with van der Waals surface area (Å²) in [6, 6.07) is 9.93. The van der Waals surface area contributed by atoms with Crippen molar-refractivity contribution in [3.8, 4) is 0 Å². The van der Waals surface area contributed by atoms with E-state index in [2.05, 4.69) is 11.8 Å². The normalized spacial score (nSPS) is 28.2. The second kappa shape index (κ2) is 5.54. The molecule has 0 bridgehead atoms. The topological polar surface area (TPSA) is 49.6 Å². The highest BCUT2D eigenvalue weighted by Gasteiger charge is 2.37. The number of rotatable bonds is 2. The SMILES string of the molecule is CC1CN2CCCC2CN1C(=O)[C@H](N)c1ccccc1. The van der Waals surface area contributed by atoms with E-state index in [1.807, 2.05) is 35.2 Å². The second-order valence-corrected chi connectivity index (χ2v) is 6.02. The van der Waals surface area contributed by atoms with Gasteiger partial charge in [-0.25, -0.2) is 0 Å². The predicted molar refractivity (Wildman–Crippen MR) is 79.1 cm³/mol. The van der Waals surface area contributed by atoms with Gasteiger partial charge in [0, 0.05) is 25.2 Å². The Morgan fingerprint density at radius 3 is 2.80 bits per heavy atom. The number of amides is 1. The summed E-state index contributed by atoms with van der Waals surface area (Å²) in [7, 11) is 0. The molecule has 2 aliphatic rings. The number of piperazine rings is 1. The molecule has 4 heteroatoms. The molecule has 2 unspecified atom stereocenters. The summed E-state index contributed by atoms with van der Waals surface area (Å²) < 4.78 is 0. The van der Waals surface area contributed by atoms with E-state index < -0.39 is 6.04 Å². The van der Waals surface area contributed by atoms with Gasteiger partial charge in [0.05, 0.1) is 0 Å². The van der Waals surface area contributed by atoms with Crippen molar-refractivity contribution < 1.29 is 4.79 Å². The van der Waals surface area contributed by atoms with Crippen LogP contribution in [0.3, 0.4) is 0 Å². The molecule has 0 aliphatic carbocycles. The van der Waals surface area contributed by atoms with Gasteiger partial charge < -0.3 is 10.6 Å². The van der Waals surface area contributed by atoms with E-state index in [0.29, 0.717) is 6.04 Å². The zero-order valence-electron chi connectivity index (χ0n) is 12.0. The third-order valence-electron chi connectivity index (χ3n) is 4.65. The zero-order chi connectivity index (χ0) is 14.1. The molecule has 2 N–H and O–H groups in total. The van der Waals surface area contributed by atoms with Crippen molar-refractivity contribution in [2.75, 3.05) is 19.6 Å². The first kappa shape index (κ1) is 13.6. The first-order valence-electron chi connectivity index (χ1n) is 7.52. The summed E-state index contributed by atoms with van der Waals surface area (Å²) in [6.45, 7) is 5.13. The number of carbonyl (C=O) groups excluding carboxylic acids is 1. The van der Waals surface area contributed by atoms with Crippen molar-refractivity contribution in [2.24, 2.45) is 5.73 Å². The van der Waals surface area contributed by atoms with E-state index in [1.54, 1.807) is 0 Å². The lowest BCUT2D eigenvalue weighted by Gasteiger charge is -2.43. The van der Waals surface area contributed by atoms with Gasteiger partial charge in [0.15, 0.2) is 0 Å². The highest BCUT2D eigenvalue weighted by molar-refractivity contribution is 5.83. The van der Waals surface area contributed by atoms with Crippen LogP contribution in [0.15, 0.2) is 30.3 Å². The fourth-order valence-corrected chi connectivity index (χ4v) is 3.48. The molecule has 0 spiro atoms. The van der Waals surface area contributed by atoms with E-state index >= 15 is 0 Å². The third-order valence-corrected chi connectivity index (χ3v) is 4.65. The van der Waals surface area contributed by atoms with Crippen molar-refractivity contribution >= 4 is 5.91 Å². The van der Waals surface area contributed by atoms with E-state index in [0.717, 1.165) is 18.7 Å². The van der Waals surface area contributed by atoms with Crippen LogP contribution >= 0.6 is 0 Å². The standard InChI is InChI=1S/C16H23N3O/c1-12-10-18-9-5-8-14(18)11-19(12)16(20)15(17)13-6-3-2-4-7-13/h2-4,6-7,12,14-15H,5,8-11,17H2,1H3/t12?,14?,15-/m1/s1. The lowest BCUT2D eigenvalue weighted by Crippen LogP contribution is -2.58. The summed E-state index contributed by atoms with van der Waals surface area (Å²) in [5.41, 5.74) is 7.07. The molecule has 0 aromatic heterocycles. The molecular formula is C16H23N3O. The maximum absolute atomic E-state index is 12.7. The number of nitrogens with zero attached hydrogens (tertiary/aromatic N) is 2. The van der Waals surface area contributed by atoms with Crippen molar-refractivity contribution in [1.82, 2.24) is 9.80 Å². The minimum atomic E-state index is -0.536. The minimum absolute atomic E-state index is 0.0650. The van der Waals surface area contributed by atoms with E-state index in [4.69, 9.17) is 5.73 Å². The highest BCUT2D eigenvalue weighted by Crippen LogP contribution is 2.26. The summed E-state index contributed by atoms with van der Waals surface area (Å²) in [4.78, 5) is 17.2. The molecule has 2 fully saturated rings. The summed E-state index contributed by atoms with van der Waals surface area (Å²) >= 11 is 0. The fraction of sp³-hybridized carbons (Fsp3) is 0.562. The molecule has 3 rings (SSSR count). The first-order valence-corrected chi connectivity index (χ1v) is 7.52. The Hall–Kier alpha value is -1.39. The second-order valence-electron chi connectivity index (χ2n) is 6.02. The number of carbonyl (C=O) groups is 1. The van der Waals surface area contributed by atoms with Crippen LogP contribution in [0.4, 0.5) is 0 Å². The van der Waals surface area contributed by atoms with Crippen LogP contribution in [0.25, 0.3) is 0 Å². The lowest BCUT2D eigenvalue weighted by molar-refractivity contribution is -0.138. The fourth-order valence-electron chi connectivity index (χ4n) is 3.48. The Morgan fingerprint density at radius 1 is 1.30 bits per heavy atom. The van der Waals surface area contributed by atoms with Crippen LogP contribution in [0, 0.1) is 0 Å². The number of nitrogens with two attached hydrogens (primary N) is 1. The average Bonchev–Trinajstić information content (AvgIpc) is 2.93. The van der Waals surface area contributed by atoms with Gasteiger partial charge in [-0.1, -0.05) is 30.3 Å². The molecule has 2 aliphatic heterocycles. The molecule has 0 saturated carbocycles. The molecular weight excluding hydrogens is 250 g/mol. The predicted octanol–water partition coefficient (Wildman–Crippen LogP) is 1.38. The van der Waals surface area contributed by atoms with E-state index in [1.165, 1.54) is 19.4 Å². The number of hydrogen-bond donors (Lipinski definition) is 1. The van der Waals surface area contributed by atoms with E-state index in [-0.39, 0.29) is 11.9 Å². The van der Waals surface area contributed by atoms with Crippen LogP contribution in [0.2, 0.25) is 0 Å². The minimum Gasteiger partial charge on any atom is -0.335 e. The highest BCUT2D eigenvalue weighted by atomic mass is 16.2. The average molecular weight is 273 g/mol. The number of hydrogen-bond acceptors (Lipinski definition) is 3. The maximum atomic E-state index is 12.7. The Balaban J connectivity index is 1.73. The lowest BCUT2D eigenvalue weighted by atomic mass is 10.0. The van der Waals surface area contributed by atoms with Crippen LogP contribution in [0.1, 0.15) is 31.4 Å². The molecule has 0 radical (unpaired) electrons. The molecule has 2 saturated heterocycles. The third kappa shape index (κ3) is 2.45. The molecule has 2 heterocycles. The Bertz CT molecular complexity index is 476. The van der Waals surface area contributed by atoms with Gasteiger partial charge in [0.2, 0.25) is 5.91 Å². The van der Waals surface area contributed by atoms with Gasteiger partial charge >= 0.3 is 0 Å². The molecule has 1 amide bonds. The largest absolute Gasteiger partial charge is 0.335 e. The van der Waals surface area contributed by atoms with Gasteiger partial charge in [0.1, 0.15) is 6.04 Å². The van der Waals surface area contributed by atoms with Gasteiger partial charge in [-0.05, 0) is 31.9 Å². The van der Waals surface area contributed by atoms with Crippen molar-refractivity contribution in [3.63, 3.8) is 0 Å². The van der Waals surface area contributed by atoms with Crippen molar-refractivity contribution in [2.45, 2.75) is 37.9 Å². The van der Waals surface area contributed by atoms with E-state index in [9.17, 15) is 4.79 Å². The summed E-state index contributed by atoms with van der Waals surface area (Å²) in [5.74, 6) is 0.0650. The van der Waals surface area contributed by atoms with Crippen LogP contribution in [0.5, 0.6) is 0 Å². The van der Waals surface area contributed by atoms with Crippen LogP contribution in [-0.2, 0) is 4.79 Å². The smallest absolute Gasteiger partial charge is 0.244 e.